The fourth-order valence-corrected chi connectivity index (χ4v) is 7.17. The van der Waals surface area contributed by atoms with Crippen LogP contribution >= 0.6 is 31.9 Å². The Labute approximate surface area is 197 Å². The van der Waals surface area contributed by atoms with Gasteiger partial charge in [0, 0.05) is 19.8 Å². The molecule has 2 aliphatic carbocycles. The van der Waals surface area contributed by atoms with Gasteiger partial charge in [-0.25, -0.2) is 0 Å². The van der Waals surface area contributed by atoms with Crippen LogP contribution in [0.25, 0.3) is 22.3 Å². The highest BCUT2D eigenvalue weighted by molar-refractivity contribution is 9.10. The minimum Gasteiger partial charge on any atom is -0.0642 e. The predicted octanol–water partition coefficient (Wildman–Crippen LogP) is 9.38. The van der Waals surface area contributed by atoms with E-state index in [1.165, 1.54) is 53.5 Å². The molecular formula is C28H28Br2. The summed E-state index contributed by atoms with van der Waals surface area (Å²) >= 11 is 7.48. The number of benzene rings is 3. The Morgan fingerprint density at radius 3 is 1.17 bits per heavy atom. The van der Waals surface area contributed by atoms with Crippen LogP contribution in [0.3, 0.4) is 0 Å². The van der Waals surface area contributed by atoms with Crippen LogP contribution < -0.4 is 0 Å². The smallest absolute Gasteiger partial charge is 0.0210 e. The maximum atomic E-state index is 3.74. The average molecular weight is 524 g/mol. The van der Waals surface area contributed by atoms with E-state index in [-0.39, 0.29) is 10.8 Å². The first-order valence-electron chi connectivity index (χ1n) is 11.3. The lowest BCUT2D eigenvalue weighted by Crippen LogP contribution is -2.24. The molecule has 30 heavy (non-hydrogen) atoms. The molecule has 3 aromatic carbocycles. The van der Waals surface area contributed by atoms with Crippen molar-refractivity contribution in [2.45, 2.75) is 64.2 Å². The fourth-order valence-electron chi connectivity index (χ4n) is 6.45. The highest BCUT2D eigenvalue weighted by Gasteiger charge is 2.46. The van der Waals surface area contributed by atoms with Gasteiger partial charge in [-0.2, -0.15) is 0 Å². The first-order chi connectivity index (χ1) is 14.5. The summed E-state index contributed by atoms with van der Waals surface area (Å²) in [5, 5.41) is 0. The molecule has 0 saturated heterocycles. The molecule has 0 fully saturated rings. The third kappa shape index (κ3) is 2.44. The molecule has 0 bridgehead atoms. The lowest BCUT2D eigenvalue weighted by atomic mass is 9.71. The van der Waals surface area contributed by atoms with Gasteiger partial charge in [0.1, 0.15) is 0 Å². The molecule has 2 aliphatic rings. The van der Waals surface area contributed by atoms with Crippen molar-refractivity contribution < 1.29 is 0 Å². The number of fused-ring (bicyclic) bond motifs is 6. The molecule has 0 nitrogen and oxygen atoms in total. The third-order valence-electron chi connectivity index (χ3n) is 8.18. The Hall–Kier alpha value is -1.38. The molecule has 0 radical (unpaired) electrons. The van der Waals surface area contributed by atoms with E-state index in [2.05, 4.69) is 108 Å². The molecule has 0 unspecified atom stereocenters. The first kappa shape index (κ1) is 20.5. The molecule has 3 aromatic rings. The molecule has 0 spiro atoms. The molecule has 2 heteroatoms. The van der Waals surface area contributed by atoms with Crippen LogP contribution in [0.4, 0.5) is 0 Å². The highest BCUT2D eigenvalue weighted by Crippen LogP contribution is 2.59. The van der Waals surface area contributed by atoms with Gasteiger partial charge in [-0.15, -0.1) is 0 Å². The molecule has 0 aliphatic heterocycles. The van der Waals surface area contributed by atoms with Gasteiger partial charge in [0.05, 0.1) is 0 Å². The summed E-state index contributed by atoms with van der Waals surface area (Å²) in [7, 11) is 0. The zero-order valence-electron chi connectivity index (χ0n) is 18.2. The monoisotopic (exact) mass is 522 g/mol. The zero-order valence-corrected chi connectivity index (χ0v) is 21.4. The first-order valence-corrected chi connectivity index (χ1v) is 12.8. The molecule has 0 aromatic heterocycles. The normalized spacial score (nSPS) is 16.7. The van der Waals surface area contributed by atoms with Crippen LogP contribution in [0, 0.1) is 0 Å². The van der Waals surface area contributed by atoms with E-state index >= 15 is 0 Å². The van der Waals surface area contributed by atoms with Gasteiger partial charge in [-0.1, -0.05) is 71.7 Å². The minimum atomic E-state index is 0.0999. The van der Waals surface area contributed by atoms with E-state index in [0.29, 0.717) is 0 Å². The highest BCUT2D eigenvalue weighted by atomic mass is 79.9. The minimum absolute atomic E-state index is 0.0999. The molecular weight excluding hydrogens is 496 g/mol. The number of halogens is 2. The second-order valence-electron chi connectivity index (χ2n) is 8.90. The van der Waals surface area contributed by atoms with Crippen LogP contribution in [-0.2, 0) is 10.8 Å². The zero-order chi connectivity index (χ0) is 21.3. The Morgan fingerprint density at radius 2 is 0.833 bits per heavy atom. The summed E-state index contributed by atoms with van der Waals surface area (Å²) in [6.45, 7) is 9.40. The van der Waals surface area contributed by atoms with Gasteiger partial charge in [0.25, 0.3) is 0 Å². The van der Waals surface area contributed by atoms with Crippen LogP contribution in [0.1, 0.15) is 75.6 Å². The van der Waals surface area contributed by atoms with Crippen molar-refractivity contribution in [1.82, 2.24) is 0 Å². The third-order valence-corrected chi connectivity index (χ3v) is 9.16. The summed E-state index contributed by atoms with van der Waals surface area (Å²) in [6, 6.07) is 18.9. The summed E-state index contributed by atoms with van der Waals surface area (Å²) in [5.41, 5.74) is 12.0. The lowest BCUT2D eigenvalue weighted by molar-refractivity contribution is 0.485. The SMILES string of the molecule is CCC1(CC)c2cc(Br)ccc2-c2cc3c(cc21)-c1ccc(Br)cc1C3(CC)CC. The predicted molar refractivity (Wildman–Crippen MR) is 135 cm³/mol. The average Bonchev–Trinajstić information content (AvgIpc) is 3.18. The quantitative estimate of drug-likeness (QED) is 0.319. The van der Waals surface area contributed by atoms with Gasteiger partial charge < -0.3 is 0 Å². The maximum Gasteiger partial charge on any atom is 0.0210 e. The Kier molecular flexibility index (Phi) is 4.83. The largest absolute Gasteiger partial charge is 0.0642 e. The molecule has 0 heterocycles. The summed E-state index contributed by atoms with van der Waals surface area (Å²) in [6.07, 6.45) is 4.49. The van der Waals surface area contributed by atoms with Crippen LogP contribution in [-0.4, -0.2) is 0 Å². The molecule has 0 atom stereocenters. The molecule has 0 saturated carbocycles. The Balaban J connectivity index is 1.88. The second-order valence-corrected chi connectivity index (χ2v) is 10.7. The number of hydrogen-bond donors (Lipinski definition) is 0. The molecule has 0 amide bonds. The van der Waals surface area contributed by atoms with Gasteiger partial charge in [0.15, 0.2) is 0 Å². The molecule has 154 valence electrons. The van der Waals surface area contributed by atoms with Gasteiger partial charge in [-0.3, -0.25) is 0 Å². The van der Waals surface area contributed by atoms with E-state index in [4.69, 9.17) is 0 Å². The molecule has 0 N–H and O–H groups in total. The molecule has 5 rings (SSSR count). The second kappa shape index (κ2) is 7.07. The Bertz CT molecular complexity index is 1070. The van der Waals surface area contributed by atoms with Gasteiger partial charge >= 0.3 is 0 Å². The maximum absolute atomic E-state index is 3.74. The fraction of sp³-hybridized carbons (Fsp3) is 0.357. The van der Waals surface area contributed by atoms with Gasteiger partial charge in [0.2, 0.25) is 0 Å². The van der Waals surface area contributed by atoms with E-state index in [1.807, 2.05) is 0 Å². The van der Waals surface area contributed by atoms with E-state index < -0.39 is 0 Å². The number of rotatable bonds is 4. The lowest BCUT2D eigenvalue weighted by Gasteiger charge is -2.32. The standard InChI is InChI=1S/C28H28Br2/c1-5-27(6-2)23-13-17(29)9-11-19(23)21-16-26-22(15-25(21)27)20-12-10-18(30)14-24(20)28(26,7-3)8-4/h9-16H,5-8H2,1-4H3. The van der Waals surface area contributed by atoms with E-state index in [0.717, 1.165) is 25.7 Å². The van der Waals surface area contributed by atoms with Gasteiger partial charge in [-0.05, 0) is 107 Å². The van der Waals surface area contributed by atoms with Crippen molar-refractivity contribution in [1.29, 1.82) is 0 Å². The summed E-state index contributed by atoms with van der Waals surface area (Å²) in [5.74, 6) is 0. The van der Waals surface area contributed by atoms with Crippen molar-refractivity contribution in [2.24, 2.45) is 0 Å². The number of hydrogen-bond acceptors (Lipinski definition) is 0. The van der Waals surface area contributed by atoms with Crippen LogP contribution in [0.5, 0.6) is 0 Å². The van der Waals surface area contributed by atoms with Crippen molar-refractivity contribution in [3.05, 3.63) is 79.7 Å². The summed E-state index contributed by atoms with van der Waals surface area (Å²) < 4.78 is 2.36. The van der Waals surface area contributed by atoms with Crippen molar-refractivity contribution in [2.75, 3.05) is 0 Å². The van der Waals surface area contributed by atoms with Crippen LogP contribution in [0.15, 0.2) is 57.5 Å². The van der Waals surface area contributed by atoms with Crippen molar-refractivity contribution in [3.8, 4) is 22.3 Å². The topological polar surface area (TPSA) is 0 Å². The van der Waals surface area contributed by atoms with Crippen molar-refractivity contribution in [3.63, 3.8) is 0 Å². The van der Waals surface area contributed by atoms with E-state index in [1.54, 1.807) is 0 Å². The summed E-state index contributed by atoms with van der Waals surface area (Å²) in [4.78, 5) is 0. The van der Waals surface area contributed by atoms with Crippen molar-refractivity contribution >= 4 is 31.9 Å². The van der Waals surface area contributed by atoms with E-state index in [9.17, 15) is 0 Å². The Morgan fingerprint density at radius 1 is 0.500 bits per heavy atom. The van der Waals surface area contributed by atoms with Crippen LogP contribution in [0.2, 0.25) is 0 Å².